The highest BCUT2D eigenvalue weighted by Gasteiger charge is 2.00. The zero-order chi connectivity index (χ0) is 10.4. The molecule has 0 saturated heterocycles. The number of nitrogens with one attached hydrogen (secondary N) is 1. The number of carbonyl (C=O) groups is 1. The molecule has 0 fully saturated rings. The number of carbonyl (C=O) groups excluding carboxylic acids is 1. The molecular weight excluding hydrogens is 242 g/mol. The molecule has 0 spiro atoms. The predicted molar refractivity (Wildman–Crippen MR) is 62.9 cm³/mol. The van der Waals surface area contributed by atoms with Crippen LogP contribution in [0.15, 0.2) is 24.3 Å². The van der Waals surface area contributed by atoms with Crippen LogP contribution in [-0.4, -0.2) is 11.2 Å². The summed E-state index contributed by atoms with van der Waals surface area (Å²) in [5, 5.41) is 3.53. The van der Waals surface area contributed by atoms with Crippen LogP contribution < -0.4 is 5.32 Å². The number of hydrogen-bond donors (Lipinski definition) is 1. The van der Waals surface area contributed by atoms with Crippen molar-refractivity contribution < 1.29 is 4.79 Å². The minimum absolute atomic E-state index is 0.0473. The standard InChI is InChI=1S/C11H14BrNO/c1-2-9-3-5-10(6-4-9)13-11(14)7-8-12/h3-6H,2,7-8H2,1H3,(H,13,14). The Bertz CT molecular complexity index is 295. The van der Waals surface area contributed by atoms with Gasteiger partial charge in [-0.1, -0.05) is 35.0 Å². The van der Waals surface area contributed by atoms with Crippen molar-refractivity contribution in [3.05, 3.63) is 29.8 Å². The smallest absolute Gasteiger partial charge is 0.225 e. The fourth-order valence-corrected chi connectivity index (χ4v) is 1.49. The van der Waals surface area contributed by atoms with E-state index in [4.69, 9.17) is 0 Å². The maximum Gasteiger partial charge on any atom is 0.225 e. The second kappa shape index (κ2) is 5.81. The summed E-state index contributed by atoms with van der Waals surface area (Å²) in [5.41, 5.74) is 2.15. The van der Waals surface area contributed by atoms with Crippen molar-refractivity contribution in [1.82, 2.24) is 0 Å². The Morgan fingerprint density at radius 2 is 2.00 bits per heavy atom. The van der Waals surface area contributed by atoms with Gasteiger partial charge in [0.15, 0.2) is 0 Å². The van der Waals surface area contributed by atoms with Gasteiger partial charge in [-0.2, -0.15) is 0 Å². The lowest BCUT2D eigenvalue weighted by atomic mass is 10.1. The van der Waals surface area contributed by atoms with Crippen molar-refractivity contribution in [1.29, 1.82) is 0 Å². The van der Waals surface area contributed by atoms with Crippen LogP contribution in [0, 0.1) is 0 Å². The summed E-state index contributed by atoms with van der Waals surface area (Å²) in [4.78, 5) is 11.2. The van der Waals surface area contributed by atoms with E-state index in [1.54, 1.807) is 0 Å². The second-order valence-corrected chi connectivity index (χ2v) is 3.83. The molecule has 0 saturated carbocycles. The lowest BCUT2D eigenvalue weighted by Gasteiger charge is -2.04. The van der Waals surface area contributed by atoms with Gasteiger partial charge in [-0.3, -0.25) is 4.79 Å². The van der Waals surface area contributed by atoms with Crippen LogP contribution >= 0.6 is 15.9 Å². The molecule has 1 aromatic carbocycles. The normalized spacial score (nSPS) is 9.86. The summed E-state index contributed by atoms with van der Waals surface area (Å²) in [7, 11) is 0. The maximum atomic E-state index is 11.2. The average molecular weight is 256 g/mol. The molecule has 0 bridgehead atoms. The Balaban J connectivity index is 2.55. The molecule has 0 unspecified atom stereocenters. The summed E-state index contributed by atoms with van der Waals surface area (Å²) >= 11 is 3.23. The van der Waals surface area contributed by atoms with E-state index in [9.17, 15) is 4.79 Å². The van der Waals surface area contributed by atoms with Gasteiger partial charge in [0, 0.05) is 17.4 Å². The van der Waals surface area contributed by atoms with Crippen molar-refractivity contribution in [2.45, 2.75) is 19.8 Å². The van der Waals surface area contributed by atoms with Crippen molar-refractivity contribution in [3.63, 3.8) is 0 Å². The lowest BCUT2D eigenvalue weighted by Crippen LogP contribution is -2.11. The van der Waals surface area contributed by atoms with Crippen LogP contribution in [-0.2, 0) is 11.2 Å². The quantitative estimate of drug-likeness (QED) is 0.824. The van der Waals surface area contributed by atoms with Gasteiger partial charge >= 0.3 is 0 Å². The fourth-order valence-electron chi connectivity index (χ4n) is 1.13. The molecule has 0 aliphatic rings. The first-order valence-corrected chi connectivity index (χ1v) is 5.83. The van der Waals surface area contributed by atoms with E-state index in [0.29, 0.717) is 11.8 Å². The van der Waals surface area contributed by atoms with Crippen LogP contribution in [0.4, 0.5) is 5.69 Å². The molecule has 0 heterocycles. The topological polar surface area (TPSA) is 29.1 Å². The molecule has 0 aliphatic heterocycles. The van der Waals surface area contributed by atoms with E-state index >= 15 is 0 Å². The summed E-state index contributed by atoms with van der Waals surface area (Å²) in [6.45, 7) is 2.11. The molecule has 0 atom stereocenters. The van der Waals surface area contributed by atoms with Gasteiger partial charge in [0.1, 0.15) is 0 Å². The summed E-state index contributed by atoms with van der Waals surface area (Å²) in [6.07, 6.45) is 1.53. The van der Waals surface area contributed by atoms with Crippen molar-refractivity contribution in [2.75, 3.05) is 10.6 Å². The Kier molecular flexibility index (Phi) is 4.66. The van der Waals surface area contributed by atoms with E-state index in [1.165, 1.54) is 5.56 Å². The molecule has 1 rings (SSSR count). The number of anilines is 1. The van der Waals surface area contributed by atoms with Crippen LogP contribution in [0.3, 0.4) is 0 Å². The minimum Gasteiger partial charge on any atom is -0.326 e. The summed E-state index contributed by atoms with van der Waals surface area (Å²) in [5.74, 6) is 0.0473. The van der Waals surface area contributed by atoms with Gasteiger partial charge in [-0.05, 0) is 24.1 Å². The number of amides is 1. The van der Waals surface area contributed by atoms with E-state index in [0.717, 1.165) is 12.1 Å². The Morgan fingerprint density at radius 3 is 2.50 bits per heavy atom. The third-order valence-corrected chi connectivity index (χ3v) is 2.36. The van der Waals surface area contributed by atoms with Crippen LogP contribution in [0.5, 0.6) is 0 Å². The monoisotopic (exact) mass is 255 g/mol. The number of hydrogen-bond acceptors (Lipinski definition) is 1. The minimum atomic E-state index is 0.0473. The maximum absolute atomic E-state index is 11.2. The fraction of sp³-hybridized carbons (Fsp3) is 0.364. The molecule has 14 heavy (non-hydrogen) atoms. The number of benzene rings is 1. The van der Waals surface area contributed by atoms with Crippen LogP contribution in [0.2, 0.25) is 0 Å². The first-order chi connectivity index (χ1) is 6.76. The molecule has 3 heteroatoms. The lowest BCUT2D eigenvalue weighted by molar-refractivity contribution is -0.115. The average Bonchev–Trinajstić information content (AvgIpc) is 2.19. The second-order valence-electron chi connectivity index (χ2n) is 3.04. The number of alkyl halides is 1. The first-order valence-electron chi connectivity index (χ1n) is 4.71. The SMILES string of the molecule is CCc1ccc(NC(=O)CCBr)cc1. The van der Waals surface area contributed by atoms with Gasteiger partial charge < -0.3 is 5.32 Å². The van der Waals surface area contributed by atoms with Gasteiger partial charge in [-0.15, -0.1) is 0 Å². The van der Waals surface area contributed by atoms with Gasteiger partial charge in [0.2, 0.25) is 5.91 Å². The van der Waals surface area contributed by atoms with Crippen LogP contribution in [0.25, 0.3) is 0 Å². The predicted octanol–water partition coefficient (Wildman–Crippen LogP) is 2.97. The molecule has 1 amide bonds. The molecule has 76 valence electrons. The zero-order valence-corrected chi connectivity index (χ0v) is 9.80. The van der Waals surface area contributed by atoms with Crippen molar-refractivity contribution >= 4 is 27.5 Å². The number of rotatable bonds is 4. The third kappa shape index (κ3) is 3.50. The van der Waals surface area contributed by atoms with Crippen molar-refractivity contribution in [3.8, 4) is 0 Å². The van der Waals surface area contributed by atoms with Gasteiger partial charge in [0.25, 0.3) is 0 Å². The van der Waals surface area contributed by atoms with E-state index < -0.39 is 0 Å². The molecule has 0 aromatic heterocycles. The van der Waals surface area contributed by atoms with Gasteiger partial charge in [0.05, 0.1) is 0 Å². The summed E-state index contributed by atoms with van der Waals surface area (Å²) in [6, 6.07) is 7.93. The molecule has 0 aliphatic carbocycles. The van der Waals surface area contributed by atoms with Crippen LogP contribution in [0.1, 0.15) is 18.9 Å². The number of halogens is 1. The van der Waals surface area contributed by atoms with Gasteiger partial charge in [-0.25, -0.2) is 0 Å². The molecular formula is C11H14BrNO. The molecule has 0 radical (unpaired) electrons. The Hall–Kier alpha value is -0.830. The highest BCUT2D eigenvalue weighted by molar-refractivity contribution is 9.09. The van der Waals surface area contributed by atoms with Crippen molar-refractivity contribution in [2.24, 2.45) is 0 Å². The highest BCUT2D eigenvalue weighted by atomic mass is 79.9. The largest absolute Gasteiger partial charge is 0.326 e. The molecule has 2 nitrogen and oxygen atoms in total. The molecule has 1 N–H and O–H groups in total. The molecule has 1 aromatic rings. The number of aryl methyl sites for hydroxylation is 1. The van der Waals surface area contributed by atoms with E-state index in [-0.39, 0.29) is 5.91 Å². The highest BCUT2D eigenvalue weighted by Crippen LogP contribution is 2.10. The Morgan fingerprint density at radius 1 is 1.36 bits per heavy atom. The Labute approximate surface area is 92.8 Å². The summed E-state index contributed by atoms with van der Waals surface area (Å²) < 4.78 is 0. The van der Waals surface area contributed by atoms with E-state index in [2.05, 4.69) is 28.2 Å². The van der Waals surface area contributed by atoms with E-state index in [1.807, 2.05) is 24.3 Å². The zero-order valence-electron chi connectivity index (χ0n) is 8.22. The third-order valence-electron chi connectivity index (χ3n) is 1.97. The first kappa shape index (κ1) is 11.2.